The third kappa shape index (κ3) is 1.94. The van der Waals surface area contributed by atoms with Gasteiger partial charge in [-0.1, -0.05) is 6.07 Å². The summed E-state index contributed by atoms with van der Waals surface area (Å²) in [6.45, 7) is 0. The third-order valence-electron chi connectivity index (χ3n) is 3.26. The Morgan fingerprint density at radius 1 is 1.25 bits per heavy atom. The molecule has 0 bridgehead atoms. The maximum atomic E-state index is 12.7. The molecule has 2 aliphatic heterocycles. The molecule has 2 heterocycles. The molecule has 2 fully saturated rings. The summed E-state index contributed by atoms with van der Waals surface area (Å²) in [5.74, 6) is 0.421. The SMILES string of the molecule is O=C1[C@@H]2CSCN2C(=O)N1c1cccc(C(F)(F)F)c1. The van der Waals surface area contributed by atoms with Crippen molar-refractivity contribution < 1.29 is 22.8 Å². The topological polar surface area (TPSA) is 40.6 Å². The fourth-order valence-electron chi connectivity index (χ4n) is 2.27. The van der Waals surface area contributed by atoms with E-state index in [4.69, 9.17) is 0 Å². The van der Waals surface area contributed by atoms with Crippen LogP contribution in [0.4, 0.5) is 23.7 Å². The average molecular weight is 302 g/mol. The molecule has 2 saturated heterocycles. The molecule has 0 aromatic heterocycles. The predicted molar refractivity (Wildman–Crippen MR) is 67.3 cm³/mol. The first-order chi connectivity index (χ1) is 9.39. The van der Waals surface area contributed by atoms with Crippen LogP contribution in [0.15, 0.2) is 24.3 Å². The van der Waals surface area contributed by atoms with Gasteiger partial charge >= 0.3 is 12.2 Å². The highest BCUT2D eigenvalue weighted by molar-refractivity contribution is 7.99. The largest absolute Gasteiger partial charge is 0.416 e. The van der Waals surface area contributed by atoms with Crippen molar-refractivity contribution in [3.05, 3.63) is 29.8 Å². The second-order valence-electron chi connectivity index (χ2n) is 4.49. The average Bonchev–Trinajstić information content (AvgIpc) is 2.94. The van der Waals surface area contributed by atoms with E-state index in [1.165, 1.54) is 28.8 Å². The van der Waals surface area contributed by atoms with Gasteiger partial charge in [-0.2, -0.15) is 13.2 Å². The van der Waals surface area contributed by atoms with Crippen LogP contribution in [0.5, 0.6) is 0 Å². The van der Waals surface area contributed by atoms with Crippen molar-refractivity contribution in [1.82, 2.24) is 4.90 Å². The lowest BCUT2D eigenvalue weighted by Crippen LogP contribution is -2.32. The Morgan fingerprint density at radius 2 is 2.00 bits per heavy atom. The molecule has 20 heavy (non-hydrogen) atoms. The molecule has 8 heteroatoms. The van der Waals surface area contributed by atoms with Crippen molar-refractivity contribution in [2.45, 2.75) is 12.2 Å². The van der Waals surface area contributed by atoms with Gasteiger partial charge in [-0.05, 0) is 18.2 Å². The number of imide groups is 1. The maximum Gasteiger partial charge on any atom is 0.416 e. The summed E-state index contributed by atoms with van der Waals surface area (Å²) in [6.07, 6.45) is -4.51. The van der Waals surface area contributed by atoms with Crippen molar-refractivity contribution in [1.29, 1.82) is 0 Å². The van der Waals surface area contributed by atoms with E-state index in [1.807, 2.05) is 0 Å². The zero-order chi connectivity index (χ0) is 14.5. The van der Waals surface area contributed by atoms with Gasteiger partial charge < -0.3 is 4.90 Å². The summed E-state index contributed by atoms with van der Waals surface area (Å²) in [5, 5.41) is 0. The normalized spacial score (nSPS) is 22.6. The smallest absolute Gasteiger partial charge is 0.302 e. The molecule has 3 rings (SSSR count). The van der Waals surface area contributed by atoms with E-state index in [0.717, 1.165) is 17.0 Å². The number of urea groups is 1. The highest BCUT2D eigenvalue weighted by Gasteiger charge is 2.48. The molecule has 0 aliphatic carbocycles. The summed E-state index contributed by atoms with van der Waals surface area (Å²) in [6, 6.07) is 3.15. The van der Waals surface area contributed by atoms with Crippen LogP contribution in [0.25, 0.3) is 0 Å². The van der Waals surface area contributed by atoms with E-state index >= 15 is 0 Å². The van der Waals surface area contributed by atoms with E-state index in [-0.39, 0.29) is 5.69 Å². The molecule has 106 valence electrons. The molecule has 1 aromatic carbocycles. The van der Waals surface area contributed by atoms with Gasteiger partial charge in [0.1, 0.15) is 6.04 Å². The van der Waals surface area contributed by atoms with Crippen LogP contribution in [0.2, 0.25) is 0 Å². The van der Waals surface area contributed by atoms with Crippen molar-refractivity contribution in [3.8, 4) is 0 Å². The number of benzene rings is 1. The van der Waals surface area contributed by atoms with Gasteiger partial charge in [-0.3, -0.25) is 4.79 Å². The van der Waals surface area contributed by atoms with E-state index in [2.05, 4.69) is 0 Å². The van der Waals surface area contributed by atoms with Crippen LogP contribution < -0.4 is 4.90 Å². The second kappa shape index (κ2) is 4.41. The highest BCUT2D eigenvalue weighted by Crippen LogP contribution is 2.35. The molecule has 0 saturated carbocycles. The number of carbonyl (C=O) groups is 2. The first-order valence-electron chi connectivity index (χ1n) is 5.79. The predicted octanol–water partition coefficient (Wildman–Crippen LogP) is 2.55. The first kappa shape index (κ1) is 13.3. The van der Waals surface area contributed by atoms with Crippen LogP contribution in [-0.2, 0) is 11.0 Å². The first-order valence-corrected chi connectivity index (χ1v) is 6.94. The van der Waals surface area contributed by atoms with Crippen molar-refractivity contribution in [2.75, 3.05) is 16.5 Å². The molecule has 0 radical (unpaired) electrons. The summed E-state index contributed by atoms with van der Waals surface area (Å²) in [7, 11) is 0. The Bertz CT molecular complexity index is 568. The number of thioether (sulfide) groups is 1. The van der Waals surface area contributed by atoms with Crippen molar-refractivity contribution in [2.24, 2.45) is 0 Å². The zero-order valence-electron chi connectivity index (χ0n) is 10.1. The molecule has 0 spiro atoms. The second-order valence-corrected chi connectivity index (χ2v) is 5.49. The van der Waals surface area contributed by atoms with E-state index in [0.29, 0.717) is 11.6 Å². The lowest BCUT2D eigenvalue weighted by Gasteiger charge is -2.16. The van der Waals surface area contributed by atoms with Crippen LogP contribution in [0, 0.1) is 0 Å². The van der Waals surface area contributed by atoms with Gasteiger partial charge in [-0.15, -0.1) is 11.8 Å². The number of nitrogens with zero attached hydrogens (tertiary/aromatic N) is 2. The molecule has 3 amide bonds. The molecule has 0 unspecified atom stereocenters. The van der Waals surface area contributed by atoms with Crippen LogP contribution in [0.3, 0.4) is 0 Å². The minimum atomic E-state index is -4.51. The lowest BCUT2D eigenvalue weighted by atomic mass is 10.2. The summed E-state index contributed by atoms with van der Waals surface area (Å²) in [5.41, 5.74) is -0.911. The quantitative estimate of drug-likeness (QED) is 0.749. The number of halogens is 3. The zero-order valence-corrected chi connectivity index (χ0v) is 10.9. The van der Waals surface area contributed by atoms with Gasteiger partial charge in [0.15, 0.2) is 0 Å². The molecule has 1 atom stereocenters. The molecule has 4 nitrogen and oxygen atoms in total. The standard InChI is InChI=1S/C12H9F3N2O2S/c13-12(14,15)7-2-1-3-8(4-7)17-10(18)9-5-20-6-16(9)11(17)19/h1-4,9H,5-6H2/t9-/m0/s1. The number of anilines is 1. The maximum absolute atomic E-state index is 12.7. The summed E-state index contributed by atoms with van der Waals surface area (Å²) in [4.78, 5) is 26.4. The minimum Gasteiger partial charge on any atom is -0.302 e. The Hall–Kier alpha value is -1.70. The van der Waals surface area contributed by atoms with Gasteiger partial charge in [0.05, 0.1) is 17.1 Å². The molecular formula is C12H9F3N2O2S. The number of hydrogen-bond acceptors (Lipinski definition) is 3. The fourth-order valence-corrected chi connectivity index (χ4v) is 3.40. The van der Waals surface area contributed by atoms with Crippen LogP contribution in [0.1, 0.15) is 5.56 Å². The minimum absolute atomic E-state index is 0.0331. The van der Waals surface area contributed by atoms with Crippen LogP contribution in [-0.4, -0.2) is 34.5 Å². The molecule has 0 N–H and O–H groups in total. The Balaban J connectivity index is 1.98. The van der Waals surface area contributed by atoms with Crippen molar-refractivity contribution in [3.63, 3.8) is 0 Å². The Labute approximate surface area is 116 Å². The number of carbonyl (C=O) groups excluding carboxylic acids is 2. The van der Waals surface area contributed by atoms with E-state index < -0.39 is 29.7 Å². The van der Waals surface area contributed by atoms with E-state index in [9.17, 15) is 22.8 Å². The highest BCUT2D eigenvalue weighted by atomic mass is 32.2. The van der Waals surface area contributed by atoms with Gasteiger partial charge in [-0.25, -0.2) is 9.69 Å². The Kier molecular flexibility index (Phi) is 2.93. The third-order valence-corrected chi connectivity index (χ3v) is 4.27. The van der Waals surface area contributed by atoms with Crippen LogP contribution >= 0.6 is 11.8 Å². The Morgan fingerprint density at radius 3 is 2.65 bits per heavy atom. The number of fused-ring (bicyclic) bond motifs is 1. The molecule has 1 aromatic rings. The monoisotopic (exact) mass is 302 g/mol. The number of hydrogen-bond donors (Lipinski definition) is 0. The van der Waals surface area contributed by atoms with Crippen molar-refractivity contribution >= 4 is 29.4 Å². The number of rotatable bonds is 1. The summed E-state index contributed by atoms with van der Waals surface area (Å²) >= 11 is 1.46. The van der Waals surface area contributed by atoms with Gasteiger partial charge in [0.25, 0.3) is 5.91 Å². The van der Waals surface area contributed by atoms with Gasteiger partial charge in [0.2, 0.25) is 0 Å². The number of amides is 3. The van der Waals surface area contributed by atoms with E-state index in [1.54, 1.807) is 0 Å². The lowest BCUT2D eigenvalue weighted by molar-refractivity contribution is -0.137. The number of alkyl halides is 3. The van der Waals surface area contributed by atoms with Gasteiger partial charge in [0, 0.05) is 5.75 Å². The fraction of sp³-hybridized carbons (Fsp3) is 0.333. The molecular weight excluding hydrogens is 293 g/mol. The summed E-state index contributed by atoms with van der Waals surface area (Å²) < 4.78 is 38.0. The molecule has 2 aliphatic rings.